The minimum atomic E-state index is -0.614. The molecule has 0 aromatic carbocycles. The molecule has 104 valence electrons. The third-order valence-electron chi connectivity index (χ3n) is 2.52. The molecule has 1 rings (SSSR count). The second kappa shape index (κ2) is 6.33. The first kappa shape index (κ1) is 15.2. The molecule has 7 nitrogen and oxygen atoms in total. The number of hydrogen-bond acceptors (Lipinski definition) is 5. The number of carbonyl (C=O) groups excluding carboxylic acids is 1. The van der Waals surface area contributed by atoms with Crippen molar-refractivity contribution in [2.24, 2.45) is 5.92 Å². The number of pyridine rings is 1. The van der Waals surface area contributed by atoms with Gasteiger partial charge in [0.15, 0.2) is 0 Å². The van der Waals surface area contributed by atoms with Crippen molar-refractivity contribution in [2.45, 2.75) is 19.9 Å². The molecule has 0 radical (unpaired) electrons. The molecule has 0 spiro atoms. The summed E-state index contributed by atoms with van der Waals surface area (Å²) in [5, 5.41) is 16.4. The second-order valence-electron chi connectivity index (χ2n) is 4.26. The van der Waals surface area contributed by atoms with Gasteiger partial charge in [-0.1, -0.05) is 25.4 Å². The van der Waals surface area contributed by atoms with Gasteiger partial charge in [0.05, 0.1) is 9.95 Å². The highest BCUT2D eigenvalue weighted by molar-refractivity contribution is 6.30. The van der Waals surface area contributed by atoms with Crippen LogP contribution in [-0.4, -0.2) is 28.9 Å². The lowest BCUT2D eigenvalue weighted by atomic mass is 10.0. The minimum absolute atomic E-state index is 0.0247. The normalized spacial score (nSPS) is 12.1. The molecule has 8 heteroatoms. The summed E-state index contributed by atoms with van der Waals surface area (Å²) < 4.78 is 0. The second-order valence-corrected chi connectivity index (χ2v) is 4.70. The summed E-state index contributed by atoms with van der Waals surface area (Å²) in [5.74, 6) is -0.296. The van der Waals surface area contributed by atoms with Crippen LogP contribution in [0.3, 0.4) is 0 Å². The van der Waals surface area contributed by atoms with Crippen LogP contribution in [0.2, 0.25) is 5.02 Å². The van der Waals surface area contributed by atoms with Gasteiger partial charge < -0.3 is 10.6 Å². The van der Waals surface area contributed by atoms with Crippen molar-refractivity contribution in [2.75, 3.05) is 12.4 Å². The molecule has 0 bridgehead atoms. The lowest BCUT2D eigenvalue weighted by molar-refractivity contribution is -0.384. The maximum Gasteiger partial charge on any atom is 0.312 e. The van der Waals surface area contributed by atoms with Crippen molar-refractivity contribution in [3.63, 3.8) is 0 Å². The summed E-state index contributed by atoms with van der Waals surface area (Å²) in [7, 11) is 1.50. The Labute approximate surface area is 115 Å². The van der Waals surface area contributed by atoms with Crippen LogP contribution in [0, 0.1) is 16.0 Å². The Hall–Kier alpha value is -1.89. The Morgan fingerprint density at radius 3 is 2.63 bits per heavy atom. The van der Waals surface area contributed by atoms with Crippen LogP contribution in [0.1, 0.15) is 13.8 Å². The quantitative estimate of drug-likeness (QED) is 0.636. The summed E-state index contributed by atoms with van der Waals surface area (Å²) in [5.41, 5.74) is -0.262. The number of nitrogens with zero attached hydrogens (tertiary/aromatic N) is 2. The van der Waals surface area contributed by atoms with Crippen molar-refractivity contribution < 1.29 is 9.72 Å². The Balaban J connectivity index is 3.09. The van der Waals surface area contributed by atoms with E-state index >= 15 is 0 Å². The van der Waals surface area contributed by atoms with E-state index < -0.39 is 11.0 Å². The summed E-state index contributed by atoms with van der Waals surface area (Å²) in [6.45, 7) is 3.66. The molecule has 19 heavy (non-hydrogen) atoms. The van der Waals surface area contributed by atoms with E-state index in [1.54, 1.807) is 0 Å². The lowest BCUT2D eigenvalue weighted by Gasteiger charge is -2.20. The molecule has 0 fully saturated rings. The third kappa shape index (κ3) is 3.78. The number of aromatic nitrogens is 1. The van der Waals surface area contributed by atoms with E-state index in [9.17, 15) is 14.9 Å². The third-order valence-corrected chi connectivity index (χ3v) is 2.73. The zero-order valence-corrected chi connectivity index (χ0v) is 11.6. The van der Waals surface area contributed by atoms with Gasteiger partial charge in [-0.25, -0.2) is 4.98 Å². The molecule has 1 unspecified atom stereocenters. The van der Waals surface area contributed by atoms with Crippen molar-refractivity contribution >= 4 is 29.0 Å². The van der Waals surface area contributed by atoms with E-state index in [-0.39, 0.29) is 28.4 Å². The van der Waals surface area contributed by atoms with E-state index in [0.29, 0.717) is 0 Å². The molecule has 1 atom stereocenters. The standard InChI is InChI=1S/C11H15ClN4O3/c1-6(2)9(11(17)13-3)15-10-8(16(18)19)4-7(12)5-14-10/h4-6,9H,1-3H3,(H,13,17)(H,14,15). The lowest BCUT2D eigenvalue weighted by Crippen LogP contribution is -2.41. The van der Waals surface area contributed by atoms with Crippen molar-refractivity contribution in [3.8, 4) is 0 Å². The van der Waals surface area contributed by atoms with Gasteiger partial charge in [0.25, 0.3) is 0 Å². The summed E-state index contributed by atoms with van der Waals surface area (Å²) in [6.07, 6.45) is 1.29. The molecule has 0 aliphatic heterocycles. The van der Waals surface area contributed by atoms with Crippen molar-refractivity contribution in [3.05, 3.63) is 27.4 Å². The van der Waals surface area contributed by atoms with Gasteiger partial charge in [0.2, 0.25) is 11.7 Å². The van der Waals surface area contributed by atoms with Gasteiger partial charge >= 0.3 is 5.69 Å². The van der Waals surface area contributed by atoms with Gasteiger partial charge in [-0.2, -0.15) is 0 Å². The maximum atomic E-state index is 11.7. The zero-order chi connectivity index (χ0) is 14.6. The van der Waals surface area contributed by atoms with Gasteiger partial charge in [0.1, 0.15) is 6.04 Å². The molecule has 2 N–H and O–H groups in total. The minimum Gasteiger partial charge on any atom is -0.357 e. The summed E-state index contributed by atoms with van der Waals surface area (Å²) >= 11 is 5.68. The summed E-state index contributed by atoms with van der Waals surface area (Å²) in [6, 6.07) is 0.579. The Bertz CT molecular complexity index is 493. The van der Waals surface area contributed by atoms with E-state index in [0.717, 1.165) is 0 Å². The van der Waals surface area contributed by atoms with Gasteiger partial charge in [-0.05, 0) is 5.92 Å². The number of carbonyl (C=O) groups is 1. The highest BCUT2D eigenvalue weighted by Crippen LogP contribution is 2.26. The average molecular weight is 287 g/mol. The molecular weight excluding hydrogens is 272 g/mol. The molecular formula is C11H15ClN4O3. The number of amides is 1. The molecule has 1 amide bonds. The molecule has 1 heterocycles. The van der Waals surface area contributed by atoms with Crippen LogP contribution >= 0.6 is 11.6 Å². The number of rotatable bonds is 5. The zero-order valence-electron chi connectivity index (χ0n) is 10.8. The highest BCUT2D eigenvalue weighted by Gasteiger charge is 2.25. The highest BCUT2D eigenvalue weighted by atomic mass is 35.5. The molecule has 0 aliphatic rings. The summed E-state index contributed by atoms with van der Waals surface area (Å²) in [4.78, 5) is 25.9. The molecule has 1 aromatic heterocycles. The van der Waals surface area contributed by atoms with Crippen LogP contribution in [-0.2, 0) is 4.79 Å². The smallest absolute Gasteiger partial charge is 0.312 e. The predicted molar refractivity (Wildman–Crippen MR) is 72.2 cm³/mol. The van der Waals surface area contributed by atoms with Crippen LogP contribution in [0.15, 0.2) is 12.3 Å². The molecule has 1 aromatic rings. The first-order valence-corrected chi connectivity index (χ1v) is 6.02. The fourth-order valence-electron chi connectivity index (χ4n) is 1.52. The molecule has 0 saturated carbocycles. The number of likely N-dealkylation sites (N-methyl/N-ethyl adjacent to an activating group) is 1. The van der Waals surface area contributed by atoms with Gasteiger partial charge in [-0.3, -0.25) is 14.9 Å². The fourth-order valence-corrected chi connectivity index (χ4v) is 1.67. The Morgan fingerprint density at radius 1 is 1.53 bits per heavy atom. The largest absolute Gasteiger partial charge is 0.357 e. The van der Waals surface area contributed by atoms with Crippen molar-refractivity contribution in [1.29, 1.82) is 0 Å². The van der Waals surface area contributed by atoms with Crippen LogP contribution < -0.4 is 10.6 Å². The number of hydrogen-bond donors (Lipinski definition) is 2. The van der Waals surface area contributed by atoms with E-state index in [2.05, 4.69) is 15.6 Å². The van der Waals surface area contributed by atoms with Crippen LogP contribution in [0.25, 0.3) is 0 Å². The number of anilines is 1. The maximum absolute atomic E-state index is 11.7. The first-order valence-electron chi connectivity index (χ1n) is 5.65. The number of nitrogens with one attached hydrogen (secondary N) is 2. The predicted octanol–water partition coefficient (Wildman–Crippen LogP) is 1.83. The number of nitro groups is 1. The van der Waals surface area contributed by atoms with Gasteiger partial charge in [-0.15, -0.1) is 0 Å². The van der Waals surface area contributed by atoms with Gasteiger partial charge in [0, 0.05) is 19.3 Å². The molecule has 0 aliphatic carbocycles. The van der Waals surface area contributed by atoms with E-state index in [1.807, 2.05) is 13.8 Å². The Morgan fingerprint density at radius 2 is 2.16 bits per heavy atom. The Kier molecular flexibility index (Phi) is 5.05. The van der Waals surface area contributed by atoms with E-state index in [4.69, 9.17) is 11.6 Å². The van der Waals surface area contributed by atoms with Crippen LogP contribution in [0.5, 0.6) is 0 Å². The number of halogens is 1. The van der Waals surface area contributed by atoms with Crippen molar-refractivity contribution in [1.82, 2.24) is 10.3 Å². The first-order chi connectivity index (χ1) is 8.86. The average Bonchev–Trinajstić information content (AvgIpc) is 2.35. The fraction of sp³-hybridized carbons (Fsp3) is 0.455. The van der Waals surface area contributed by atoms with Crippen LogP contribution in [0.4, 0.5) is 11.5 Å². The monoisotopic (exact) mass is 286 g/mol. The SMILES string of the molecule is CNC(=O)C(Nc1ncc(Cl)cc1[N+](=O)[O-])C(C)C. The van der Waals surface area contributed by atoms with E-state index in [1.165, 1.54) is 19.3 Å². The molecule has 0 saturated heterocycles. The topological polar surface area (TPSA) is 97.2 Å².